The second-order valence-corrected chi connectivity index (χ2v) is 9.13. The molecule has 0 aliphatic carbocycles. The van der Waals surface area contributed by atoms with Crippen LogP contribution in [-0.2, 0) is 14.8 Å². The highest BCUT2D eigenvalue weighted by molar-refractivity contribution is 7.92. The number of rotatable bonds is 5. The first-order chi connectivity index (χ1) is 14.7. The van der Waals surface area contributed by atoms with Crippen LogP contribution >= 0.6 is 0 Å². The average Bonchev–Trinajstić information content (AvgIpc) is 3.06. The smallest absolute Gasteiger partial charge is 0.342 e. The number of nitrogens with one attached hydrogen (secondary N) is 1. The van der Waals surface area contributed by atoms with Gasteiger partial charge in [0.2, 0.25) is 0 Å². The Labute approximate surface area is 180 Å². The molecule has 0 radical (unpaired) electrons. The predicted octanol–water partition coefficient (Wildman–Crippen LogP) is 5.49. The Balaban J connectivity index is 1.96. The normalized spacial score (nSPS) is 11.7. The van der Waals surface area contributed by atoms with E-state index in [1.165, 1.54) is 0 Å². The highest BCUT2D eigenvalue weighted by Gasteiger charge is 2.24. The van der Waals surface area contributed by atoms with Gasteiger partial charge in [-0.3, -0.25) is 4.72 Å². The minimum absolute atomic E-state index is 0.214. The standard InChI is InChI=1S/C24H23NO5S/c1-5-29-24(26)22-16(4)30-23-18-9-7-6-8-17(18)20(13-19(22)23)25-31(27,28)21-12-14(2)10-11-15(21)3/h6-13,25H,5H2,1-4H3. The van der Waals surface area contributed by atoms with Gasteiger partial charge in [-0.1, -0.05) is 36.4 Å². The Morgan fingerprint density at radius 2 is 1.71 bits per heavy atom. The highest BCUT2D eigenvalue weighted by Crippen LogP contribution is 2.37. The van der Waals surface area contributed by atoms with Gasteiger partial charge in [0, 0.05) is 16.2 Å². The number of hydrogen-bond acceptors (Lipinski definition) is 5. The topological polar surface area (TPSA) is 85.6 Å². The van der Waals surface area contributed by atoms with Crippen LogP contribution in [0.3, 0.4) is 0 Å². The van der Waals surface area contributed by atoms with Crippen LogP contribution in [0.4, 0.5) is 5.69 Å². The van der Waals surface area contributed by atoms with Crippen molar-refractivity contribution in [3.63, 3.8) is 0 Å². The zero-order valence-electron chi connectivity index (χ0n) is 17.8. The molecule has 7 heteroatoms. The number of sulfonamides is 1. The van der Waals surface area contributed by atoms with Crippen molar-refractivity contribution in [2.24, 2.45) is 0 Å². The Morgan fingerprint density at radius 3 is 2.42 bits per heavy atom. The molecule has 3 aromatic carbocycles. The van der Waals surface area contributed by atoms with Gasteiger partial charge in [-0.25, -0.2) is 13.2 Å². The monoisotopic (exact) mass is 437 g/mol. The van der Waals surface area contributed by atoms with Crippen LogP contribution in [0.5, 0.6) is 0 Å². The van der Waals surface area contributed by atoms with E-state index in [1.54, 1.807) is 39.0 Å². The van der Waals surface area contributed by atoms with Gasteiger partial charge in [-0.2, -0.15) is 0 Å². The van der Waals surface area contributed by atoms with Gasteiger partial charge >= 0.3 is 5.97 Å². The summed E-state index contributed by atoms with van der Waals surface area (Å²) in [6.07, 6.45) is 0. The molecule has 4 aromatic rings. The molecule has 0 amide bonds. The maximum absolute atomic E-state index is 13.3. The molecule has 0 unspecified atom stereocenters. The lowest BCUT2D eigenvalue weighted by molar-refractivity contribution is 0.0526. The van der Waals surface area contributed by atoms with Crippen molar-refractivity contribution in [1.29, 1.82) is 0 Å². The van der Waals surface area contributed by atoms with E-state index in [0.717, 1.165) is 5.56 Å². The van der Waals surface area contributed by atoms with Crippen molar-refractivity contribution < 1.29 is 22.4 Å². The van der Waals surface area contributed by atoms with Crippen LogP contribution in [-0.4, -0.2) is 21.0 Å². The van der Waals surface area contributed by atoms with E-state index < -0.39 is 16.0 Å². The van der Waals surface area contributed by atoms with E-state index in [-0.39, 0.29) is 11.5 Å². The molecule has 0 spiro atoms. The van der Waals surface area contributed by atoms with Crippen LogP contribution in [0.1, 0.15) is 34.2 Å². The zero-order chi connectivity index (χ0) is 22.3. The van der Waals surface area contributed by atoms with Crippen LogP contribution in [0.2, 0.25) is 0 Å². The number of carbonyl (C=O) groups is 1. The summed E-state index contributed by atoms with van der Waals surface area (Å²) in [4.78, 5) is 12.8. The molecule has 4 rings (SSSR count). The molecule has 6 nitrogen and oxygen atoms in total. The largest absolute Gasteiger partial charge is 0.462 e. The summed E-state index contributed by atoms with van der Waals surface area (Å²) in [6, 6.07) is 14.3. The Kier molecular flexibility index (Phi) is 5.23. The van der Waals surface area contributed by atoms with Gasteiger partial charge in [-0.05, 0) is 51.0 Å². The molecule has 0 aliphatic heterocycles. The third-order valence-electron chi connectivity index (χ3n) is 5.23. The number of hydrogen-bond donors (Lipinski definition) is 1. The molecule has 0 aliphatic rings. The fraction of sp³-hybridized carbons (Fsp3) is 0.208. The maximum atomic E-state index is 13.3. The van der Waals surface area contributed by atoms with Gasteiger partial charge in [0.05, 0.1) is 17.2 Å². The lowest BCUT2D eigenvalue weighted by Crippen LogP contribution is -2.15. The van der Waals surface area contributed by atoms with Gasteiger partial charge in [0.25, 0.3) is 10.0 Å². The summed E-state index contributed by atoms with van der Waals surface area (Å²) in [6.45, 7) is 7.26. The fourth-order valence-electron chi connectivity index (χ4n) is 3.78. The van der Waals surface area contributed by atoms with Crippen molar-refractivity contribution in [3.8, 4) is 0 Å². The number of fused-ring (bicyclic) bond motifs is 3. The first-order valence-corrected chi connectivity index (χ1v) is 11.4. The number of anilines is 1. The number of carbonyl (C=O) groups excluding carboxylic acids is 1. The fourth-order valence-corrected chi connectivity index (χ4v) is 5.18. The summed E-state index contributed by atoms with van der Waals surface area (Å²) in [5, 5.41) is 1.89. The molecule has 31 heavy (non-hydrogen) atoms. The van der Waals surface area contributed by atoms with Crippen LogP contribution < -0.4 is 4.72 Å². The van der Waals surface area contributed by atoms with Gasteiger partial charge in [-0.15, -0.1) is 0 Å². The predicted molar refractivity (Wildman–Crippen MR) is 121 cm³/mol. The van der Waals surface area contributed by atoms with E-state index in [1.807, 2.05) is 37.3 Å². The number of ether oxygens (including phenoxy) is 1. The Bertz CT molecular complexity index is 1430. The SMILES string of the molecule is CCOC(=O)c1c(C)oc2c1cc(NS(=O)(=O)c1cc(C)ccc1C)c1ccccc12. The van der Waals surface area contributed by atoms with Crippen molar-refractivity contribution in [2.45, 2.75) is 32.6 Å². The molecule has 0 atom stereocenters. The molecule has 1 aromatic heterocycles. The maximum Gasteiger partial charge on any atom is 0.342 e. The summed E-state index contributed by atoms with van der Waals surface area (Å²) in [5.41, 5.74) is 2.69. The minimum Gasteiger partial charge on any atom is -0.462 e. The highest BCUT2D eigenvalue weighted by atomic mass is 32.2. The van der Waals surface area contributed by atoms with Crippen LogP contribution in [0.15, 0.2) is 57.8 Å². The molecule has 0 fully saturated rings. The van der Waals surface area contributed by atoms with Gasteiger partial charge < -0.3 is 9.15 Å². The minimum atomic E-state index is -3.86. The van der Waals surface area contributed by atoms with Crippen molar-refractivity contribution >= 4 is 43.4 Å². The van der Waals surface area contributed by atoms with Crippen molar-refractivity contribution in [1.82, 2.24) is 0 Å². The number of benzene rings is 3. The summed E-state index contributed by atoms with van der Waals surface area (Å²) in [5.74, 6) is -0.0782. The van der Waals surface area contributed by atoms with E-state index in [9.17, 15) is 13.2 Å². The molecule has 0 saturated carbocycles. The van der Waals surface area contributed by atoms with E-state index in [2.05, 4.69) is 4.72 Å². The lowest BCUT2D eigenvalue weighted by Gasteiger charge is -2.14. The molecule has 0 bridgehead atoms. The Hall–Kier alpha value is -3.32. The summed E-state index contributed by atoms with van der Waals surface area (Å²) < 4.78 is 40.3. The van der Waals surface area contributed by atoms with Crippen molar-refractivity contribution in [2.75, 3.05) is 11.3 Å². The first kappa shape index (κ1) is 20.9. The number of furan rings is 1. The van der Waals surface area contributed by atoms with Gasteiger partial charge in [0.1, 0.15) is 16.9 Å². The lowest BCUT2D eigenvalue weighted by atomic mass is 10.0. The van der Waals surface area contributed by atoms with Crippen molar-refractivity contribution in [3.05, 3.63) is 71.0 Å². The Morgan fingerprint density at radius 1 is 1.00 bits per heavy atom. The zero-order valence-corrected chi connectivity index (χ0v) is 18.6. The molecule has 0 saturated heterocycles. The third kappa shape index (κ3) is 3.65. The van der Waals surface area contributed by atoms with Gasteiger partial charge in [0.15, 0.2) is 0 Å². The summed E-state index contributed by atoms with van der Waals surface area (Å²) in [7, 11) is -3.86. The second-order valence-electron chi connectivity index (χ2n) is 7.47. The second kappa shape index (κ2) is 7.74. The number of aryl methyl sites for hydroxylation is 3. The van der Waals surface area contributed by atoms with Crippen LogP contribution in [0.25, 0.3) is 21.7 Å². The molecular formula is C24H23NO5S. The van der Waals surface area contributed by atoms with Crippen LogP contribution in [0, 0.1) is 20.8 Å². The van der Waals surface area contributed by atoms with E-state index >= 15 is 0 Å². The quantitative estimate of drug-likeness (QED) is 0.417. The van der Waals surface area contributed by atoms with E-state index in [0.29, 0.717) is 44.3 Å². The first-order valence-electron chi connectivity index (χ1n) is 9.95. The van der Waals surface area contributed by atoms with E-state index in [4.69, 9.17) is 9.15 Å². The average molecular weight is 438 g/mol. The molecule has 1 heterocycles. The molecule has 1 N–H and O–H groups in total. The summed E-state index contributed by atoms with van der Waals surface area (Å²) >= 11 is 0. The molecular weight excluding hydrogens is 414 g/mol. The third-order valence-corrected chi connectivity index (χ3v) is 6.74. The number of esters is 1. The molecule has 160 valence electrons.